The molecule has 0 bridgehead atoms. The minimum absolute atomic E-state index is 0.0736. The second-order valence-electron chi connectivity index (χ2n) is 16.5. The van der Waals surface area contributed by atoms with E-state index >= 15 is 0 Å². The van der Waals surface area contributed by atoms with E-state index in [0.717, 1.165) is 5.56 Å². The van der Waals surface area contributed by atoms with Crippen molar-refractivity contribution in [2.45, 2.75) is 130 Å². The van der Waals surface area contributed by atoms with Gasteiger partial charge in [0.1, 0.15) is 34.7 Å². The van der Waals surface area contributed by atoms with Gasteiger partial charge in [0.05, 0.1) is 17.4 Å². The SMILES string of the molecule is C#CCN(Cc1ccc2nc(C)[nH]c(=O)c2c1)c1ccc(C(=O)N[C@H](CCC(=O)N[C@H](CCC(=O)OC(C)(C)C)C(=O)OC(C)(C)C)C(=O)OC(C)(C)C)cc1. The number of aryl methyl sites for hydroxylation is 1. The minimum Gasteiger partial charge on any atom is -0.460 e. The number of benzene rings is 2. The molecule has 0 radical (unpaired) electrons. The van der Waals surface area contributed by atoms with Gasteiger partial charge in [-0.05, 0) is 124 Å². The van der Waals surface area contributed by atoms with Gasteiger partial charge in [-0.15, -0.1) is 6.42 Å². The lowest BCUT2D eigenvalue weighted by molar-refractivity contribution is -0.161. The Kier molecular flexibility index (Phi) is 15.0. The van der Waals surface area contributed by atoms with Gasteiger partial charge in [-0.25, -0.2) is 14.6 Å². The summed E-state index contributed by atoms with van der Waals surface area (Å²) in [5.41, 5.74) is -0.352. The van der Waals surface area contributed by atoms with Crippen LogP contribution in [0.1, 0.15) is 110 Å². The Morgan fingerprint density at radius 2 is 1.36 bits per heavy atom. The monoisotopic (exact) mass is 773 g/mol. The first-order valence-electron chi connectivity index (χ1n) is 18.5. The molecule has 2 amide bonds. The molecule has 56 heavy (non-hydrogen) atoms. The van der Waals surface area contributed by atoms with Crippen molar-refractivity contribution >= 4 is 46.3 Å². The average Bonchev–Trinajstić information content (AvgIpc) is 3.06. The summed E-state index contributed by atoms with van der Waals surface area (Å²) in [6, 6.07) is 9.64. The normalized spacial score (nSPS) is 12.8. The smallest absolute Gasteiger partial charge is 0.329 e. The van der Waals surface area contributed by atoms with Crippen molar-refractivity contribution in [2.75, 3.05) is 11.4 Å². The Hall–Kier alpha value is -5.71. The fraction of sp³-hybridized carbons (Fsp3) is 0.500. The van der Waals surface area contributed by atoms with E-state index in [1.54, 1.807) is 106 Å². The number of carbonyl (C=O) groups is 5. The number of hydrogen-bond acceptors (Lipinski definition) is 11. The summed E-state index contributed by atoms with van der Waals surface area (Å²) < 4.78 is 16.4. The number of hydrogen-bond donors (Lipinski definition) is 3. The lowest BCUT2D eigenvalue weighted by atomic mass is 10.1. The van der Waals surface area contributed by atoms with E-state index in [4.69, 9.17) is 20.6 Å². The number of amides is 2. The number of carbonyl (C=O) groups excluding carboxylic acids is 5. The molecule has 1 heterocycles. The predicted octanol–water partition coefficient (Wildman–Crippen LogP) is 5.04. The number of nitrogens with one attached hydrogen (secondary N) is 3. The molecule has 0 aliphatic heterocycles. The standard InChI is InChI=1S/C42H55N5O9/c1-12-23-47(25-27-13-18-31-30(24-27)37(51)44-26(2)43-31)29-16-14-28(15-17-29)36(50)46-33(39(53)56-42(9,10)11)19-21-34(48)45-32(38(52)55-41(6,7)8)20-22-35(49)54-40(3,4)5/h1,13-18,24,32-33H,19-23,25H2,2-11H3,(H,45,48)(H,46,50)(H,43,44,51)/t32-,33-/m1/s1. The van der Waals surface area contributed by atoms with Crippen LogP contribution < -0.4 is 21.1 Å². The summed E-state index contributed by atoms with van der Waals surface area (Å²) in [6.07, 6.45) is 5.03. The number of fused-ring (bicyclic) bond motifs is 1. The average molecular weight is 774 g/mol. The summed E-state index contributed by atoms with van der Waals surface area (Å²) >= 11 is 0. The highest BCUT2D eigenvalue weighted by atomic mass is 16.6. The number of aromatic amines is 1. The lowest BCUT2D eigenvalue weighted by Gasteiger charge is -2.26. The van der Waals surface area contributed by atoms with Crippen LogP contribution in [0.5, 0.6) is 0 Å². The highest BCUT2D eigenvalue weighted by Crippen LogP contribution is 2.21. The molecular weight excluding hydrogens is 718 g/mol. The number of anilines is 1. The van der Waals surface area contributed by atoms with E-state index in [2.05, 4.69) is 26.5 Å². The minimum atomic E-state index is -1.22. The number of nitrogens with zero attached hydrogens (tertiary/aromatic N) is 2. The van der Waals surface area contributed by atoms with E-state index in [1.807, 2.05) is 11.0 Å². The first-order valence-corrected chi connectivity index (χ1v) is 18.5. The third-order valence-electron chi connectivity index (χ3n) is 7.78. The maximum atomic E-state index is 13.5. The van der Waals surface area contributed by atoms with Gasteiger partial charge < -0.3 is 34.7 Å². The van der Waals surface area contributed by atoms with Crippen LogP contribution in [0.3, 0.4) is 0 Å². The van der Waals surface area contributed by atoms with Gasteiger partial charge in [-0.2, -0.15) is 0 Å². The predicted molar refractivity (Wildman–Crippen MR) is 213 cm³/mol. The molecule has 14 heteroatoms. The fourth-order valence-electron chi connectivity index (χ4n) is 5.48. The highest BCUT2D eigenvalue weighted by Gasteiger charge is 2.31. The van der Waals surface area contributed by atoms with Crippen LogP contribution in [0.2, 0.25) is 0 Å². The molecule has 0 saturated carbocycles. The lowest BCUT2D eigenvalue weighted by Crippen LogP contribution is -2.47. The van der Waals surface area contributed by atoms with E-state index < -0.39 is 58.6 Å². The second-order valence-corrected chi connectivity index (χ2v) is 16.5. The van der Waals surface area contributed by atoms with Crippen LogP contribution in [0.25, 0.3) is 10.9 Å². The Balaban J connectivity index is 1.74. The number of aromatic nitrogens is 2. The molecule has 0 fully saturated rings. The quantitative estimate of drug-likeness (QED) is 0.107. The van der Waals surface area contributed by atoms with Crippen LogP contribution in [-0.2, 0) is 39.9 Å². The molecule has 14 nitrogen and oxygen atoms in total. The van der Waals surface area contributed by atoms with Crippen LogP contribution in [-0.4, -0.2) is 75.1 Å². The Labute approximate surface area is 328 Å². The van der Waals surface area contributed by atoms with Gasteiger partial charge in [-0.1, -0.05) is 12.0 Å². The summed E-state index contributed by atoms with van der Waals surface area (Å²) in [5, 5.41) is 5.76. The van der Waals surface area contributed by atoms with Crippen molar-refractivity contribution in [3.8, 4) is 12.3 Å². The van der Waals surface area contributed by atoms with Gasteiger partial charge in [-0.3, -0.25) is 19.2 Å². The first-order chi connectivity index (χ1) is 25.9. The zero-order chi connectivity index (χ0) is 42.0. The highest BCUT2D eigenvalue weighted by molar-refractivity contribution is 5.97. The van der Waals surface area contributed by atoms with E-state index in [0.29, 0.717) is 29.0 Å². The summed E-state index contributed by atoms with van der Waals surface area (Å²) in [7, 11) is 0. The van der Waals surface area contributed by atoms with Gasteiger partial charge >= 0.3 is 17.9 Å². The van der Waals surface area contributed by atoms with Crippen LogP contribution in [0.4, 0.5) is 5.69 Å². The van der Waals surface area contributed by atoms with Crippen molar-refractivity contribution in [3.05, 3.63) is 69.8 Å². The number of terminal acetylenes is 1. The fourth-order valence-corrected chi connectivity index (χ4v) is 5.48. The summed E-state index contributed by atoms with van der Waals surface area (Å²) in [6.45, 7) is 17.6. The Bertz CT molecular complexity index is 1990. The maximum Gasteiger partial charge on any atom is 0.329 e. The third-order valence-corrected chi connectivity index (χ3v) is 7.78. The number of rotatable bonds is 15. The molecule has 3 aromatic rings. The number of ether oxygens (including phenoxy) is 3. The van der Waals surface area contributed by atoms with Crippen molar-refractivity contribution in [3.63, 3.8) is 0 Å². The van der Waals surface area contributed by atoms with Crippen molar-refractivity contribution < 1.29 is 38.2 Å². The number of esters is 3. The van der Waals surface area contributed by atoms with Gasteiger partial charge in [0.2, 0.25) is 5.91 Å². The van der Waals surface area contributed by atoms with Crippen LogP contribution in [0.15, 0.2) is 47.3 Å². The molecule has 2 aromatic carbocycles. The van der Waals surface area contributed by atoms with E-state index in [1.165, 1.54) is 0 Å². The Morgan fingerprint density at radius 1 is 0.804 bits per heavy atom. The Morgan fingerprint density at radius 3 is 1.91 bits per heavy atom. The molecule has 302 valence electrons. The van der Waals surface area contributed by atoms with Crippen LogP contribution in [0, 0.1) is 19.3 Å². The zero-order valence-electron chi connectivity index (χ0n) is 34.1. The maximum absolute atomic E-state index is 13.5. The molecule has 0 spiro atoms. The van der Waals surface area contributed by atoms with Gasteiger partial charge in [0.15, 0.2) is 0 Å². The molecule has 0 aliphatic rings. The number of H-pyrrole nitrogens is 1. The summed E-state index contributed by atoms with van der Waals surface area (Å²) in [5.74, 6) is -0.0386. The van der Waals surface area contributed by atoms with Gasteiger partial charge in [0.25, 0.3) is 11.5 Å². The molecule has 0 saturated heterocycles. The third kappa shape index (κ3) is 14.8. The molecule has 0 aliphatic carbocycles. The van der Waals surface area contributed by atoms with E-state index in [9.17, 15) is 28.8 Å². The first kappa shape index (κ1) is 44.7. The topological polar surface area (TPSA) is 186 Å². The van der Waals surface area contributed by atoms with Crippen LogP contribution >= 0.6 is 0 Å². The van der Waals surface area contributed by atoms with Crippen molar-refractivity contribution in [1.82, 2.24) is 20.6 Å². The van der Waals surface area contributed by atoms with Crippen molar-refractivity contribution in [2.24, 2.45) is 0 Å². The molecular formula is C42H55N5O9. The largest absolute Gasteiger partial charge is 0.460 e. The second kappa shape index (κ2) is 18.8. The summed E-state index contributed by atoms with van der Waals surface area (Å²) in [4.78, 5) is 86.9. The van der Waals surface area contributed by atoms with Crippen molar-refractivity contribution in [1.29, 1.82) is 0 Å². The molecule has 2 atom stereocenters. The molecule has 3 rings (SSSR count). The molecule has 0 unspecified atom stereocenters. The van der Waals surface area contributed by atoms with Gasteiger partial charge in [0, 0.05) is 30.6 Å². The molecule has 1 aromatic heterocycles. The molecule has 3 N–H and O–H groups in total. The zero-order valence-corrected chi connectivity index (χ0v) is 34.1. The van der Waals surface area contributed by atoms with E-state index in [-0.39, 0.29) is 43.4 Å².